The molecule has 1 aliphatic carbocycles. The van der Waals surface area contributed by atoms with Crippen LogP contribution in [0.1, 0.15) is 51.3 Å². The Balaban J connectivity index is 0.000000170. The monoisotopic (exact) mass is 542 g/mol. The largest absolute Gasteiger partial charge is 0.491 e. The van der Waals surface area contributed by atoms with Crippen molar-refractivity contribution in [3.63, 3.8) is 0 Å². The molecular weight excluding hydrogens is 514 g/mol. The van der Waals surface area contributed by atoms with Crippen molar-refractivity contribution in [3.8, 4) is 0 Å². The molecule has 0 amide bonds. The van der Waals surface area contributed by atoms with Crippen LogP contribution in [0.3, 0.4) is 0 Å². The quantitative estimate of drug-likeness (QED) is 0.198. The number of carbonyl (C=O) groups is 2. The van der Waals surface area contributed by atoms with Crippen LogP contribution in [-0.2, 0) is 11.3 Å². The predicted octanol–water partition coefficient (Wildman–Crippen LogP) is 3.32. The first-order chi connectivity index (χ1) is 18.9. The first-order valence-corrected chi connectivity index (χ1v) is 13.1. The fraction of sp³-hybridized carbons (Fsp3) is 0.103. The topological polar surface area (TPSA) is 124 Å². The maximum atomic E-state index is 12.4. The summed E-state index contributed by atoms with van der Waals surface area (Å²) in [6, 6.07) is 28.0. The zero-order chi connectivity index (χ0) is 28.4. The highest BCUT2D eigenvalue weighted by Gasteiger charge is 2.31. The van der Waals surface area contributed by atoms with Gasteiger partial charge in [0.1, 0.15) is 0 Å². The number of hydrogen-bond acceptors (Lipinski definition) is 8. The van der Waals surface area contributed by atoms with E-state index in [9.17, 15) is 14.1 Å². The molecule has 1 heterocycles. The predicted molar refractivity (Wildman–Crippen MR) is 155 cm³/mol. The van der Waals surface area contributed by atoms with Gasteiger partial charge in [-0.3, -0.25) is 9.59 Å². The summed E-state index contributed by atoms with van der Waals surface area (Å²) in [7, 11) is -2.04. The molecule has 39 heavy (non-hydrogen) atoms. The average molecular weight is 542 g/mol. The summed E-state index contributed by atoms with van der Waals surface area (Å²) in [6.07, 6.45) is 0. The molecule has 0 fully saturated rings. The van der Waals surface area contributed by atoms with Crippen molar-refractivity contribution >= 4 is 48.8 Å². The van der Waals surface area contributed by atoms with E-state index in [1.54, 1.807) is 66.7 Å². The van der Waals surface area contributed by atoms with E-state index in [0.717, 1.165) is 11.0 Å². The van der Waals surface area contributed by atoms with Crippen molar-refractivity contribution < 1.29 is 33.9 Å². The molecule has 0 unspecified atom stereocenters. The third kappa shape index (κ3) is 7.13. The number of benzene rings is 4. The standard InChI is InChI=1S/C14H8O3S.C7H7BO2.C6H7BO2.C2H6/c15-13-8-4-1-2-5-9(8)14(16)12-10(13)6-3-7-11(12)18-17;9-8-7-4-2-1-3-6(7)5-10-8;8-7(9)6-4-2-1-3-5-6;1-2/h1-7,17H;1-4,9H,5H2;1-5,8-9H;1-2H3. The van der Waals surface area contributed by atoms with Gasteiger partial charge in [-0.2, -0.15) is 0 Å². The van der Waals surface area contributed by atoms with Crippen LogP contribution in [0.2, 0.25) is 0 Å². The molecule has 7 nitrogen and oxygen atoms in total. The van der Waals surface area contributed by atoms with Crippen molar-refractivity contribution in [2.75, 3.05) is 0 Å². The fourth-order valence-electron chi connectivity index (χ4n) is 3.98. The van der Waals surface area contributed by atoms with Gasteiger partial charge in [0.2, 0.25) is 0 Å². The van der Waals surface area contributed by atoms with Crippen LogP contribution in [0, 0.1) is 0 Å². The molecule has 4 aromatic rings. The van der Waals surface area contributed by atoms with E-state index < -0.39 is 14.2 Å². The number of fused-ring (bicyclic) bond motifs is 3. The Morgan fingerprint density at radius 3 is 1.90 bits per heavy atom. The van der Waals surface area contributed by atoms with Gasteiger partial charge >= 0.3 is 14.2 Å². The molecule has 0 bridgehead atoms. The van der Waals surface area contributed by atoms with Gasteiger partial charge in [-0.05, 0) is 22.6 Å². The van der Waals surface area contributed by atoms with E-state index in [0.29, 0.717) is 51.3 Å². The lowest BCUT2D eigenvalue weighted by atomic mass is 9.80. The van der Waals surface area contributed by atoms with Gasteiger partial charge in [0.25, 0.3) is 0 Å². The highest BCUT2D eigenvalue weighted by Crippen LogP contribution is 2.32. The van der Waals surface area contributed by atoms with Crippen LogP contribution < -0.4 is 10.9 Å². The van der Waals surface area contributed by atoms with Gasteiger partial charge in [-0.15, -0.1) is 0 Å². The SMILES string of the molecule is CC.O=C1c2ccccc2C(=O)c2c(SO)cccc21.OB(O)c1ccccc1.OB1OCc2ccccc21. The van der Waals surface area contributed by atoms with E-state index in [2.05, 4.69) is 0 Å². The first-order valence-electron chi connectivity index (χ1n) is 12.3. The maximum absolute atomic E-state index is 12.4. The molecule has 4 N–H and O–H groups in total. The van der Waals surface area contributed by atoms with Crippen LogP contribution in [0.25, 0.3) is 0 Å². The Morgan fingerprint density at radius 1 is 0.744 bits per heavy atom. The van der Waals surface area contributed by atoms with Crippen molar-refractivity contribution in [3.05, 3.63) is 125 Å². The number of hydrogen-bond donors (Lipinski definition) is 4. The Labute approximate surface area is 232 Å². The van der Waals surface area contributed by atoms with E-state index in [1.165, 1.54) is 0 Å². The molecule has 0 spiro atoms. The lowest BCUT2D eigenvalue weighted by molar-refractivity contribution is 0.0977. The molecule has 0 radical (unpaired) electrons. The van der Waals surface area contributed by atoms with Gasteiger partial charge < -0.3 is 24.3 Å². The lowest BCUT2D eigenvalue weighted by Gasteiger charge is -2.18. The summed E-state index contributed by atoms with van der Waals surface area (Å²) in [5.74, 6) is -0.381. The fourth-order valence-corrected chi connectivity index (χ4v) is 4.41. The first kappa shape index (κ1) is 30.0. The minimum absolute atomic E-state index is 0.170. The molecule has 0 atom stereocenters. The van der Waals surface area contributed by atoms with E-state index in [4.69, 9.17) is 19.7 Å². The minimum Gasteiger partial charge on any atom is -0.423 e. The Hall–Kier alpha value is -3.50. The Kier molecular flexibility index (Phi) is 11.2. The molecule has 0 saturated carbocycles. The van der Waals surface area contributed by atoms with Gasteiger partial charge in [0.15, 0.2) is 11.6 Å². The summed E-state index contributed by atoms with van der Waals surface area (Å²) >= 11 is 0.491. The second-order valence-electron chi connectivity index (χ2n) is 8.12. The Morgan fingerprint density at radius 2 is 1.31 bits per heavy atom. The normalized spacial score (nSPS) is 12.3. The average Bonchev–Trinajstić information content (AvgIpc) is 3.38. The second kappa shape index (κ2) is 14.6. The molecule has 10 heteroatoms. The van der Waals surface area contributed by atoms with Gasteiger partial charge in [-0.1, -0.05) is 105 Å². The molecule has 198 valence electrons. The lowest BCUT2D eigenvalue weighted by Crippen LogP contribution is -2.29. The summed E-state index contributed by atoms with van der Waals surface area (Å²) in [6.45, 7) is 4.54. The third-order valence-electron chi connectivity index (χ3n) is 5.83. The maximum Gasteiger partial charge on any atom is 0.491 e. The molecular formula is C29H28B2O7S. The highest BCUT2D eigenvalue weighted by atomic mass is 32.2. The van der Waals surface area contributed by atoms with Crippen molar-refractivity contribution in [2.24, 2.45) is 0 Å². The van der Waals surface area contributed by atoms with Gasteiger partial charge in [0, 0.05) is 39.2 Å². The van der Waals surface area contributed by atoms with E-state index in [-0.39, 0.29) is 11.6 Å². The van der Waals surface area contributed by atoms with Gasteiger partial charge in [0.05, 0.1) is 6.61 Å². The van der Waals surface area contributed by atoms with Crippen LogP contribution >= 0.6 is 12.0 Å². The minimum atomic E-state index is -1.34. The molecule has 0 saturated heterocycles. The zero-order valence-electron chi connectivity index (χ0n) is 21.5. The van der Waals surface area contributed by atoms with Crippen molar-refractivity contribution in [2.45, 2.75) is 25.3 Å². The number of rotatable bonds is 2. The highest BCUT2D eigenvalue weighted by molar-refractivity contribution is 7.93. The summed E-state index contributed by atoms with van der Waals surface area (Å²) in [4.78, 5) is 25.1. The van der Waals surface area contributed by atoms with E-state index in [1.807, 2.05) is 44.2 Å². The molecule has 6 rings (SSSR count). The number of carbonyl (C=O) groups excluding carboxylic acids is 2. The molecule has 4 aromatic carbocycles. The molecule has 1 aliphatic heterocycles. The Bertz CT molecular complexity index is 1410. The van der Waals surface area contributed by atoms with E-state index >= 15 is 0 Å². The van der Waals surface area contributed by atoms with Crippen LogP contribution in [-0.4, -0.2) is 45.4 Å². The van der Waals surface area contributed by atoms with Gasteiger partial charge in [-0.25, -0.2) is 0 Å². The number of ketones is 2. The summed E-state index contributed by atoms with van der Waals surface area (Å²) in [5.41, 5.74) is 4.01. The van der Waals surface area contributed by atoms with Crippen LogP contribution in [0.15, 0.2) is 102 Å². The molecule has 2 aliphatic rings. The third-order valence-corrected chi connectivity index (χ3v) is 6.37. The van der Waals surface area contributed by atoms with Crippen LogP contribution in [0.5, 0.6) is 0 Å². The van der Waals surface area contributed by atoms with Crippen molar-refractivity contribution in [1.29, 1.82) is 0 Å². The summed E-state index contributed by atoms with van der Waals surface area (Å²) in [5, 5.41) is 26.3. The van der Waals surface area contributed by atoms with Crippen molar-refractivity contribution in [1.82, 2.24) is 0 Å². The smallest absolute Gasteiger partial charge is 0.423 e. The summed E-state index contributed by atoms with van der Waals surface area (Å²) < 4.78 is 14.2. The second-order valence-corrected chi connectivity index (χ2v) is 8.74. The molecule has 0 aromatic heterocycles. The zero-order valence-corrected chi connectivity index (χ0v) is 22.3. The van der Waals surface area contributed by atoms with Crippen LogP contribution in [0.4, 0.5) is 0 Å².